The zero-order chi connectivity index (χ0) is 24.5. The molecule has 178 valence electrons. The summed E-state index contributed by atoms with van der Waals surface area (Å²) in [6, 6.07) is 15.6. The van der Waals surface area contributed by atoms with E-state index in [4.69, 9.17) is 14.7 Å². The Labute approximate surface area is 214 Å². The quantitative estimate of drug-likeness (QED) is 0.324. The van der Waals surface area contributed by atoms with Crippen LogP contribution in [0.15, 0.2) is 59.3 Å². The summed E-state index contributed by atoms with van der Waals surface area (Å²) < 4.78 is 5.25. The zero-order valence-electron chi connectivity index (χ0n) is 18.9. The van der Waals surface area contributed by atoms with Crippen LogP contribution in [-0.4, -0.2) is 39.3 Å². The number of thioether (sulfide) groups is 1. The van der Waals surface area contributed by atoms with Crippen LogP contribution in [0.25, 0.3) is 22.0 Å². The van der Waals surface area contributed by atoms with Crippen molar-refractivity contribution in [3.63, 3.8) is 0 Å². The van der Waals surface area contributed by atoms with Crippen LogP contribution >= 0.6 is 34.4 Å². The van der Waals surface area contributed by atoms with E-state index in [1.165, 1.54) is 40.0 Å². The van der Waals surface area contributed by atoms with Crippen LogP contribution in [0.1, 0.15) is 22.9 Å². The normalized spacial score (nSPS) is 17.7. The van der Waals surface area contributed by atoms with Crippen molar-refractivity contribution in [1.29, 1.82) is 0 Å². The number of anilines is 1. The second-order valence-electron chi connectivity index (χ2n) is 7.98. The summed E-state index contributed by atoms with van der Waals surface area (Å²) in [6.45, 7) is 2.05. The van der Waals surface area contributed by atoms with E-state index < -0.39 is 11.2 Å². The molecule has 1 saturated heterocycles. The number of thiazole rings is 2. The van der Waals surface area contributed by atoms with Crippen LogP contribution in [0.3, 0.4) is 0 Å². The van der Waals surface area contributed by atoms with E-state index in [1.807, 2.05) is 54.1 Å². The molecule has 35 heavy (non-hydrogen) atoms. The molecule has 5 rings (SSSR count). The number of carbonyl (C=O) groups excluding carboxylic acids is 1. The fourth-order valence-electron chi connectivity index (χ4n) is 3.75. The second kappa shape index (κ2) is 9.80. The molecule has 0 aliphatic carbocycles. The summed E-state index contributed by atoms with van der Waals surface area (Å²) in [5, 5.41) is 13.4. The van der Waals surface area contributed by atoms with Crippen LogP contribution in [-0.2, 0) is 9.59 Å². The number of nitrogens with zero attached hydrogens (tertiary/aromatic N) is 3. The first-order chi connectivity index (χ1) is 16.9. The first kappa shape index (κ1) is 23.5. The first-order valence-corrected chi connectivity index (χ1v) is 13.5. The number of ether oxygens (including phenoxy) is 1. The minimum absolute atomic E-state index is 0.239. The predicted molar refractivity (Wildman–Crippen MR) is 140 cm³/mol. The Hall–Kier alpha value is -3.21. The molecule has 0 saturated carbocycles. The van der Waals surface area contributed by atoms with Gasteiger partial charge in [-0.25, -0.2) is 9.97 Å². The molecule has 3 heterocycles. The molecule has 2 aromatic carbocycles. The number of hydrogen-bond acceptors (Lipinski definition) is 8. The molecule has 2 atom stereocenters. The Balaban J connectivity index is 1.45. The third-order valence-corrected chi connectivity index (χ3v) is 8.71. The zero-order valence-corrected chi connectivity index (χ0v) is 21.3. The maximum Gasteiger partial charge on any atom is 0.305 e. The number of rotatable bonds is 7. The lowest BCUT2D eigenvalue weighted by molar-refractivity contribution is -0.138. The number of aromatic nitrogens is 2. The number of benzene rings is 2. The lowest BCUT2D eigenvalue weighted by Gasteiger charge is -2.21. The minimum Gasteiger partial charge on any atom is -0.497 e. The minimum atomic E-state index is -1.00. The number of amides is 1. The van der Waals surface area contributed by atoms with Gasteiger partial charge in [-0.1, -0.05) is 42.0 Å². The smallest absolute Gasteiger partial charge is 0.305 e. The molecular weight excluding hydrogens is 502 g/mol. The lowest BCUT2D eigenvalue weighted by atomic mass is 10.1. The van der Waals surface area contributed by atoms with Gasteiger partial charge in [-0.2, -0.15) is 0 Å². The van der Waals surface area contributed by atoms with Gasteiger partial charge in [0.15, 0.2) is 5.13 Å². The van der Waals surface area contributed by atoms with Gasteiger partial charge in [-0.15, -0.1) is 34.4 Å². The van der Waals surface area contributed by atoms with E-state index in [2.05, 4.69) is 12.1 Å². The third kappa shape index (κ3) is 4.82. The van der Waals surface area contributed by atoms with E-state index in [1.54, 1.807) is 12.0 Å². The summed E-state index contributed by atoms with van der Waals surface area (Å²) in [6.07, 6.45) is -0.239. The Morgan fingerprint density at radius 3 is 2.43 bits per heavy atom. The third-order valence-electron chi connectivity index (χ3n) is 5.57. The highest BCUT2D eigenvalue weighted by Crippen LogP contribution is 2.48. The molecular formula is C25H21N3O4S3. The van der Waals surface area contributed by atoms with Crippen LogP contribution < -0.4 is 9.64 Å². The molecule has 2 aromatic heterocycles. The van der Waals surface area contributed by atoms with Crippen molar-refractivity contribution < 1.29 is 19.4 Å². The Morgan fingerprint density at radius 2 is 1.74 bits per heavy atom. The highest BCUT2D eigenvalue weighted by Gasteiger charge is 2.44. The molecule has 1 N–H and O–H groups in total. The van der Waals surface area contributed by atoms with Crippen molar-refractivity contribution >= 4 is 51.4 Å². The number of hydrogen-bond donors (Lipinski definition) is 1. The SMILES string of the molecule is COc1ccc(C2SC(CC(=O)O)C(=O)N2c2nc(-c3nc(-c4ccc(C)cc4)cs3)cs2)cc1. The van der Waals surface area contributed by atoms with Gasteiger partial charge in [0.05, 0.1) is 24.5 Å². The number of methoxy groups -OCH3 is 1. The number of carboxylic acid groups (broad SMARTS) is 1. The molecule has 4 aromatic rings. The average molecular weight is 524 g/mol. The van der Waals surface area contributed by atoms with Gasteiger partial charge < -0.3 is 9.84 Å². The van der Waals surface area contributed by atoms with Gasteiger partial charge >= 0.3 is 5.97 Å². The van der Waals surface area contributed by atoms with E-state index in [-0.39, 0.29) is 17.7 Å². The second-order valence-corrected chi connectivity index (χ2v) is 11.0. The van der Waals surface area contributed by atoms with E-state index in [9.17, 15) is 14.7 Å². The van der Waals surface area contributed by atoms with Gasteiger partial charge in [-0.3, -0.25) is 14.5 Å². The first-order valence-electron chi connectivity index (χ1n) is 10.8. The summed E-state index contributed by atoms with van der Waals surface area (Å²) in [4.78, 5) is 35.8. The Kier molecular flexibility index (Phi) is 6.59. The monoisotopic (exact) mass is 523 g/mol. The number of carbonyl (C=O) groups is 2. The van der Waals surface area contributed by atoms with Gasteiger partial charge in [0, 0.05) is 16.3 Å². The van der Waals surface area contributed by atoms with Gasteiger partial charge in [0.1, 0.15) is 21.8 Å². The van der Waals surface area contributed by atoms with Crippen LogP contribution in [0.4, 0.5) is 5.13 Å². The fraction of sp³-hybridized carbons (Fsp3) is 0.200. The van der Waals surface area contributed by atoms with Crippen molar-refractivity contribution in [2.24, 2.45) is 0 Å². The van der Waals surface area contributed by atoms with Gasteiger partial charge in [-0.05, 0) is 24.6 Å². The maximum atomic E-state index is 13.3. The standard InChI is InChI=1S/C25H21N3O4S3/c1-14-3-5-15(6-4-14)18-12-33-22(26-18)19-13-34-25(27-19)28-23(31)20(11-21(29)30)35-24(28)16-7-9-17(32-2)10-8-16/h3-10,12-13,20,24H,11H2,1-2H3,(H,29,30). The number of aryl methyl sites for hydroxylation is 1. The Morgan fingerprint density at radius 1 is 1.03 bits per heavy atom. The molecule has 1 aliphatic heterocycles. The summed E-state index contributed by atoms with van der Waals surface area (Å²) >= 11 is 4.19. The summed E-state index contributed by atoms with van der Waals surface area (Å²) in [5.74, 6) is -0.544. The maximum absolute atomic E-state index is 13.3. The summed E-state index contributed by atoms with van der Waals surface area (Å²) in [7, 11) is 1.60. The van der Waals surface area contributed by atoms with Crippen molar-refractivity contribution in [1.82, 2.24) is 9.97 Å². The van der Waals surface area contributed by atoms with Crippen molar-refractivity contribution in [3.05, 3.63) is 70.4 Å². The highest BCUT2D eigenvalue weighted by atomic mass is 32.2. The number of aliphatic carboxylic acids is 1. The molecule has 0 spiro atoms. The topological polar surface area (TPSA) is 92.6 Å². The molecule has 0 radical (unpaired) electrons. The van der Waals surface area contributed by atoms with Gasteiger partial charge in [0.25, 0.3) is 0 Å². The molecule has 7 nitrogen and oxygen atoms in total. The van der Waals surface area contributed by atoms with Crippen molar-refractivity contribution in [2.75, 3.05) is 12.0 Å². The predicted octanol–water partition coefficient (Wildman–Crippen LogP) is 5.87. The Bertz CT molecular complexity index is 1370. The van der Waals surface area contributed by atoms with Gasteiger partial charge in [0.2, 0.25) is 5.91 Å². The molecule has 0 bridgehead atoms. The molecule has 10 heteroatoms. The van der Waals surface area contributed by atoms with E-state index >= 15 is 0 Å². The molecule has 1 fully saturated rings. The van der Waals surface area contributed by atoms with E-state index in [0.717, 1.165) is 21.8 Å². The average Bonchev–Trinajstić information content (AvgIpc) is 3.59. The van der Waals surface area contributed by atoms with Crippen molar-refractivity contribution in [3.8, 4) is 27.7 Å². The largest absolute Gasteiger partial charge is 0.497 e. The molecule has 1 amide bonds. The fourth-order valence-corrected chi connectivity index (χ4v) is 6.94. The molecule has 1 aliphatic rings. The lowest BCUT2D eigenvalue weighted by Crippen LogP contribution is -2.31. The highest BCUT2D eigenvalue weighted by molar-refractivity contribution is 8.01. The van der Waals surface area contributed by atoms with Crippen LogP contribution in [0.5, 0.6) is 5.75 Å². The van der Waals surface area contributed by atoms with Crippen LogP contribution in [0, 0.1) is 6.92 Å². The summed E-state index contributed by atoms with van der Waals surface area (Å²) in [5.41, 5.74) is 4.68. The van der Waals surface area contributed by atoms with E-state index in [0.29, 0.717) is 16.6 Å². The van der Waals surface area contributed by atoms with Crippen LogP contribution in [0.2, 0.25) is 0 Å². The number of carboxylic acids is 1. The van der Waals surface area contributed by atoms with Crippen molar-refractivity contribution in [2.45, 2.75) is 24.0 Å². The molecule has 2 unspecified atom stereocenters.